The van der Waals surface area contributed by atoms with Crippen LogP contribution in [0.2, 0.25) is 0 Å². The first kappa shape index (κ1) is 13.6. The van der Waals surface area contributed by atoms with Crippen molar-refractivity contribution >= 4 is 27.6 Å². The van der Waals surface area contributed by atoms with E-state index in [0.29, 0.717) is 6.54 Å². The zero-order valence-electron chi connectivity index (χ0n) is 10.7. The number of aromatic nitrogens is 1. The lowest BCUT2D eigenvalue weighted by molar-refractivity contribution is 0.219. The fourth-order valence-electron chi connectivity index (χ4n) is 1.58. The highest BCUT2D eigenvalue weighted by atomic mass is 79.9. The minimum Gasteiger partial charge on any atom is -0.361 e. The number of carbonyl (C=O) groups excluding carboxylic acids is 1. The van der Waals surface area contributed by atoms with Gasteiger partial charge in [-0.05, 0) is 35.0 Å². The van der Waals surface area contributed by atoms with Crippen molar-refractivity contribution in [3.63, 3.8) is 0 Å². The van der Waals surface area contributed by atoms with Crippen molar-refractivity contribution in [1.29, 1.82) is 0 Å². The summed E-state index contributed by atoms with van der Waals surface area (Å²) in [7, 11) is 1.70. The lowest BCUT2D eigenvalue weighted by Crippen LogP contribution is -2.31. The van der Waals surface area contributed by atoms with Crippen molar-refractivity contribution in [2.24, 2.45) is 0 Å². The minimum atomic E-state index is -0.201. The fraction of sp³-hybridized carbons (Fsp3) is 0.231. The van der Waals surface area contributed by atoms with E-state index in [1.165, 1.54) is 4.90 Å². The van der Waals surface area contributed by atoms with E-state index in [-0.39, 0.29) is 6.03 Å². The van der Waals surface area contributed by atoms with E-state index in [4.69, 9.17) is 4.52 Å². The van der Waals surface area contributed by atoms with Gasteiger partial charge in [0.25, 0.3) is 0 Å². The molecule has 0 fully saturated rings. The Bertz CT molecular complexity index is 583. The van der Waals surface area contributed by atoms with Crippen LogP contribution >= 0.6 is 15.9 Å². The smallest absolute Gasteiger partial charge is 0.321 e. The van der Waals surface area contributed by atoms with Gasteiger partial charge in [-0.15, -0.1) is 0 Å². The second-order valence-corrected chi connectivity index (χ2v) is 5.05. The molecule has 1 N–H and O–H groups in total. The Balaban J connectivity index is 1.98. The van der Waals surface area contributed by atoms with Crippen molar-refractivity contribution in [3.05, 3.63) is 46.3 Å². The van der Waals surface area contributed by atoms with Crippen LogP contribution in [0, 0.1) is 6.92 Å². The van der Waals surface area contributed by atoms with Crippen LogP contribution in [0.1, 0.15) is 11.5 Å². The summed E-state index contributed by atoms with van der Waals surface area (Å²) in [5, 5.41) is 6.68. The molecule has 0 unspecified atom stereocenters. The predicted molar refractivity (Wildman–Crippen MR) is 75.9 cm³/mol. The molecule has 0 aliphatic heterocycles. The van der Waals surface area contributed by atoms with Gasteiger partial charge in [-0.25, -0.2) is 4.79 Å². The molecule has 100 valence electrons. The number of para-hydroxylation sites is 1. The molecule has 0 saturated heterocycles. The molecule has 2 aromatic rings. The highest BCUT2D eigenvalue weighted by Gasteiger charge is 2.12. The number of urea groups is 1. The monoisotopic (exact) mass is 323 g/mol. The van der Waals surface area contributed by atoms with Crippen molar-refractivity contribution in [2.45, 2.75) is 13.5 Å². The van der Waals surface area contributed by atoms with Gasteiger partial charge < -0.3 is 14.7 Å². The number of carbonyl (C=O) groups is 1. The van der Waals surface area contributed by atoms with Crippen LogP contribution in [0.3, 0.4) is 0 Å². The van der Waals surface area contributed by atoms with Crippen LogP contribution in [0.25, 0.3) is 0 Å². The summed E-state index contributed by atoms with van der Waals surface area (Å²) >= 11 is 3.38. The van der Waals surface area contributed by atoms with Crippen LogP contribution in [-0.4, -0.2) is 23.1 Å². The molecule has 6 heteroatoms. The number of amides is 2. The van der Waals surface area contributed by atoms with Gasteiger partial charge in [-0.1, -0.05) is 17.3 Å². The van der Waals surface area contributed by atoms with Crippen LogP contribution in [0.15, 0.2) is 39.3 Å². The van der Waals surface area contributed by atoms with Crippen LogP contribution in [0.5, 0.6) is 0 Å². The second-order valence-electron chi connectivity index (χ2n) is 4.19. The van der Waals surface area contributed by atoms with Crippen molar-refractivity contribution in [1.82, 2.24) is 10.1 Å². The first-order valence-corrected chi connectivity index (χ1v) is 6.54. The number of aryl methyl sites for hydroxylation is 1. The molecule has 0 aliphatic rings. The van der Waals surface area contributed by atoms with Crippen molar-refractivity contribution in [2.75, 3.05) is 12.4 Å². The second kappa shape index (κ2) is 5.88. The molecule has 0 spiro atoms. The molecule has 1 aromatic carbocycles. The summed E-state index contributed by atoms with van der Waals surface area (Å²) in [4.78, 5) is 13.5. The van der Waals surface area contributed by atoms with E-state index in [9.17, 15) is 4.79 Å². The standard InChI is InChI=1S/C13H14BrN3O2/c1-9-7-10(16-19-9)8-17(2)13(18)15-12-6-4-3-5-11(12)14/h3-7H,8H2,1-2H3,(H,15,18). The van der Waals surface area contributed by atoms with Crippen LogP contribution < -0.4 is 5.32 Å². The van der Waals surface area contributed by atoms with E-state index in [1.54, 1.807) is 7.05 Å². The van der Waals surface area contributed by atoms with Gasteiger partial charge in [0.05, 0.1) is 12.2 Å². The Morgan fingerprint density at radius 1 is 1.47 bits per heavy atom. The molecule has 19 heavy (non-hydrogen) atoms. The Kier molecular flexibility index (Phi) is 4.21. The maximum absolute atomic E-state index is 12.0. The topological polar surface area (TPSA) is 58.4 Å². The van der Waals surface area contributed by atoms with Gasteiger partial charge >= 0.3 is 6.03 Å². The first-order chi connectivity index (χ1) is 9.06. The highest BCUT2D eigenvalue weighted by Crippen LogP contribution is 2.21. The van der Waals surface area contributed by atoms with Gasteiger partial charge in [0, 0.05) is 17.6 Å². The SMILES string of the molecule is Cc1cc(CN(C)C(=O)Nc2ccccc2Br)no1. The molecular weight excluding hydrogens is 310 g/mol. The summed E-state index contributed by atoms with van der Waals surface area (Å²) in [6, 6.07) is 9.06. The quantitative estimate of drug-likeness (QED) is 0.941. The third-order valence-corrected chi connectivity index (χ3v) is 3.23. The van der Waals surface area contributed by atoms with E-state index in [1.807, 2.05) is 37.3 Å². The Labute approximate surface area is 119 Å². The lowest BCUT2D eigenvalue weighted by atomic mass is 10.3. The molecule has 1 aromatic heterocycles. The van der Waals surface area contributed by atoms with Gasteiger partial charge in [0.1, 0.15) is 11.5 Å². The average Bonchev–Trinajstić information content (AvgIpc) is 2.77. The van der Waals surface area contributed by atoms with Gasteiger partial charge in [-0.2, -0.15) is 0 Å². The predicted octanol–water partition coefficient (Wildman–Crippen LogP) is 3.41. The number of hydrogen-bond donors (Lipinski definition) is 1. The van der Waals surface area contributed by atoms with Crippen molar-refractivity contribution in [3.8, 4) is 0 Å². The summed E-state index contributed by atoms with van der Waals surface area (Å²) in [6.45, 7) is 2.21. The summed E-state index contributed by atoms with van der Waals surface area (Å²) in [5.74, 6) is 0.731. The Morgan fingerprint density at radius 2 is 2.21 bits per heavy atom. The number of rotatable bonds is 3. The van der Waals surface area contributed by atoms with E-state index >= 15 is 0 Å². The number of hydrogen-bond acceptors (Lipinski definition) is 3. The zero-order chi connectivity index (χ0) is 13.8. The third kappa shape index (κ3) is 3.57. The molecule has 0 aliphatic carbocycles. The average molecular weight is 324 g/mol. The molecule has 1 heterocycles. The molecule has 5 nitrogen and oxygen atoms in total. The van der Waals surface area contributed by atoms with Gasteiger partial charge in [0.15, 0.2) is 0 Å². The zero-order valence-corrected chi connectivity index (χ0v) is 12.3. The molecule has 2 amide bonds. The first-order valence-electron chi connectivity index (χ1n) is 5.75. The van der Waals surface area contributed by atoms with Gasteiger partial charge in [0.2, 0.25) is 0 Å². The lowest BCUT2D eigenvalue weighted by Gasteiger charge is -2.17. The van der Waals surface area contributed by atoms with Crippen molar-refractivity contribution < 1.29 is 9.32 Å². The maximum Gasteiger partial charge on any atom is 0.321 e. The molecule has 0 saturated carbocycles. The molecule has 0 radical (unpaired) electrons. The molecular formula is C13H14BrN3O2. The van der Waals surface area contributed by atoms with Crippen LogP contribution in [-0.2, 0) is 6.54 Å². The number of nitrogens with zero attached hydrogens (tertiary/aromatic N) is 2. The summed E-state index contributed by atoms with van der Waals surface area (Å²) in [5.41, 5.74) is 1.46. The molecule has 2 rings (SSSR count). The number of benzene rings is 1. The number of halogens is 1. The van der Waals surface area contributed by atoms with Crippen LogP contribution in [0.4, 0.5) is 10.5 Å². The fourth-order valence-corrected chi connectivity index (χ4v) is 1.96. The Hall–Kier alpha value is -1.82. The van der Waals surface area contributed by atoms with E-state index in [0.717, 1.165) is 21.6 Å². The Morgan fingerprint density at radius 3 is 2.84 bits per heavy atom. The molecule has 0 atom stereocenters. The molecule has 0 bridgehead atoms. The largest absolute Gasteiger partial charge is 0.361 e. The highest BCUT2D eigenvalue weighted by molar-refractivity contribution is 9.10. The number of anilines is 1. The number of nitrogens with one attached hydrogen (secondary N) is 1. The summed E-state index contributed by atoms with van der Waals surface area (Å²) in [6.07, 6.45) is 0. The van der Waals surface area contributed by atoms with E-state index in [2.05, 4.69) is 26.4 Å². The van der Waals surface area contributed by atoms with E-state index < -0.39 is 0 Å². The summed E-state index contributed by atoms with van der Waals surface area (Å²) < 4.78 is 5.81. The maximum atomic E-state index is 12.0. The minimum absolute atomic E-state index is 0.201. The normalized spacial score (nSPS) is 10.3. The third-order valence-electron chi connectivity index (χ3n) is 2.54. The van der Waals surface area contributed by atoms with Gasteiger partial charge in [-0.3, -0.25) is 0 Å².